The van der Waals surface area contributed by atoms with Crippen LogP contribution in [0.5, 0.6) is 11.5 Å². The van der Waals surface area contributed by atoms with Gasteiger partial charge in [0.15, 0.2) is 6.61 Å². The molecule has 1 N–H and O–H groups in total. The van der Waals surface area contributed by atoms with Crippen molar-refractivity contribution in [1.29, 1.82) is 0 Å². The number of hydrogen-bond acceptors (Lipinski definition) is 5. The van der Waals surface area contributed by atoms with Crippen LogP contribution < -0.4 is 14.9 Å². The first-order valence-corrected chi connectivity index (χ1v) is 9.40. The van der Waals surface area contributed by atoms with Crippen molar-refractivity contribution in [2.24, 2.45) is 5.10 Å². The molecule has 0 heterocycles. The molecule has 6 heteroatoms. The Hall–Kier alpha value is -3.93. The van der Waals surface area contributed by atoms with Gasteiger partial charge in [0.25, 0.3) is 5.91 Å². The third-order valence-electron chi connectivity index (χ3n) is 4.19. The lowest BCUT2D eigenvalue weighted by molar-refractivity contribution is -0.123. The fourth-order valence-electron chi connectivity index (χ4n) is 2.68. The third-order valence-corrected chi connectivity index (χ3v) is 4.19. The molecule has 30 heavy (non-hydrogen) atoms. The predicted octanol–water partition coefficient (Wildman–Crippen LogP) is 4.05. The van der Waals surface area contributed by atoms with Crippen LogP contribution in [-0.4, -0.2) is 24.7 Å². The lowest BCUT2D eigenvalue weighted by Crippen LogP contribution is -2.24. The first-order valence-electron chi connectivity index (χ1n) is 9.40. The first-order chi connectivity index (χ1) is 14.5. The summed E-state index contributed by atoms with van der Waals surface area (Å²) in [6.45, 7) is 3.80. The summed E-state index contributed by atoms with van der Waals surface area (Å²) in [7, 11) is 0. The number of hydrogen-bond donors (Lipinski definition) is 1. The van der Waals surface area contributed by atoms with Gasteiger partial charge in [0, 0.05) is 0 Å². The van der Waals surface area contributed by atoms with E-state index >= 15 is 0 Å². The van der Waals surface area contributed by atoms with E-state index in [1.54, 1.807) is 48.5 Å². The lowest BCUT2D eigenvalue weighted by atomic mass is 10.1. The summed E-state index contributed by atoms with van der Waals surface area (Å²) < 4.78 is 10.8. The van der Waals surface area contributed by atoms with Gasteiger partial charge in [-0.15, -0.1) is 0 Å². The molecule has 0 aliphatic rings. The van der Waals surface area contributed by atoms with E-state index in [0.717, 1.165) is 16.7 Å². The monoisotopic (exact) mass is 402 g/mol. The Bertz CT molecular complexity index is 1040. The van der Waals surface area contributed by atoms with E-state index in [1.165, 1.54) is 6.21 Å². The van der Waals surface area contributed by atoms with E-state index in [0.29, 0.717) is 17.1 Å². The summed E-state index contributed by atoms with van der Waals surface area (Å²) >= 11 is 0. The zero-order valence-electron chi connectivity index (χ0n) is 16.8. The number of rotatable bonds is 7. The summed E-state index contributed by atoms with van der Waals surface area (Å²) in [5, 5.41) is 3.92. The second-order valence-corrected chi connectivity index (χ2v) is 6.68. The van der Waals surface area contributed by atoms with Crippen molar-refractivity contribution in [1.82, 2.24) is 5.43 Å². The molecule has 0 aliphatic carbocycles. The van der Waals surface area contributed by atoms with Crippen LogP contribution in [-0.2, 0) is 4.79 Å². The van der Waals surface area contributed by atoms with Crippen LogP contribution in [0.4, 0.5) is 0 Å². The number of ether oxygens (including phenoxy) is 2. The fourth-order valence-corrected chi connectivity index (χ4v) is 2.68. The van der Waals surface area contributed by atoms with E-state index < -0.39 is 5.97 Å². The molecule has 0 saturated carbocycles. The van der Waals surface area contributed by atoms with Gasteiger partial charge < -0.3 is 9.47 Å². The number of esters is 1. The zero-order chi connectivity index (χ0) is 21.3. The number of hydrazone groups is 1. The number of aryl methyl sites for hydroxylation is 2. The second-order valence-electron chi connectivity index (χ2n) is 6.68. The second kappa shape index (κ2) is 10.0. The molecule has 3 rings (SSSR count). The molecule has 0 aromatic heterocycles. The Morgan fingerprint density at radius 2 is 1.70 bits per heavy atom. The highest BCUT2D eigenvalue weighted by atomic mass is 16.5. The van der Waals surface area contributed by atoms with Crippen LogP contribution in [0.15, 0.2) is 77.9 Å². The zero-order valence-corrected chi connectivity index (χ0v) is 16.8. The highest BCUT2D eigenvalue weighted by Crippen LogP contribution is 2.18. The average Bonchev–Trinajstić information content (AvgIpc) is 2.75. The molecule has 0 unspecified atom stereocenters. The Morgan fingerprint density at radius 3 is 2.40 bits per heavy atom. The van der Waals surface area contributed by atoms with E-state index in [9.17, 15) is 9.59 Å². The smallest absolute Gasteiger partial charge is 0.343 e. The summed E-state index contributed by atoms with van der Waals surface area (Å²) in [5.41, 5.74) is 5.75. The fraction of sp³-hybridized carbons (Fsp3) is 0.125. The van der Waals surface area contributed by atoms with Gasteiger partial charge in [-0.3, -0.25) is 4.79 Å². The SMILES string of the molecule is Cc1ccc(OCC(=O)N/N=C/c2ccc(OC(=O)c3ccccc3)cc2)c(C)c1. The van der Waals surface area contributed by atoms with Crippen molar-refractivity contribution in [2.45, 2.75) is 13.8 Å². The van der Waals surface area contributed by atoms with Crippen molar-refractivity contribution in [3.63, 3.8) is 0 Å². The first kappa shape index (κ1) is 20.8. The third kappa shape index (κ3) is 6.04. The number of carbonyl (C=O) groups excluding carboxylic acids is 2. The van der Waals surface area contributed by atoms with Gasteiger partial charge in [0.05, 0.1) is 11.8 Å². The molecule has 3 aromatic carbocycles. The molecule has 6 nitrogen and oxygen atoms in total. The lowest BCUT2D eigenvalue weighted by Gasteiger charge is -2.08. The van der Waals surface area contributed by atoms with E-state index in [2.05, 4.69) is 10.5 Å². The van der Waals surface area contributed by atoms with Crippen LogP contribution in [0.3, 0.4) is 0 Å². The van der Waals surface area contributed by atoms with Gasteiger partial charge in [0.2, 0.25) is 0 Å². The van der Waals surface area contributed by atoms with Crippen molar-refractivity contribution < 1.29 is 19.1 Å². The molecule has 0 fully saturated rings. The highest BCUT2D eigenvalue weighted by Gasteiger charge is 2.07. The molecule has 0 spiro atoms. The van der Waals surface area contributed by atoms with Gasteiger partial charge in [-0.2, -0.15) is 5.10 Å². The minimum Gasteiger partial charge on any atom is -0.483 e. The van der Waals surface area contributed by atoms with Crippen molar-refractivity contribution in [3.8, 4) is 11.5 Å². The Balaban J connectivity index is 1.46. The number of nitrogens with zero attached hydrogens (tertiary/aromatic N) is 1. The average molecular weight is 402 g/mol. The molecule has 1 amide bonds. The Morgan fingerprint density at radius 1 is 0.967 bits per heavy atom. The summed E-state index contributed by atoms with van der Waals surface area (Å²) in [5.74, 6) is 0.306. The largest absolute Gasteiger partial charge is 0.483 e. The van der Waals surface area contributed by atoms with Gasteiger partial charge in [-0.1, -0.05) is 35.9 Å². The van der Waals surface area contributed by atoms with E-state index in [4.69, 9.17) is 9.47 Å². The molecular weight excluding hydrogens is 380 g/mol. The number of benzene rings is 3. The highest BCUT2D eigenvalue weighted by molar-refractivity contribution is 5.91. The summed E-state index contributed by atoms with van der Waals surface area (Å²) in [6.07, 6.45) is 1.50. The van der Waals surface area contributed by atoms with Crippen LogP contribution in [0.25, 0.3) is 0 Å². The molecule has 0 radical (unpaired) electrons. The van der Waals surface area contributed by atoms with Crippen molar-refractivity contribution in [3.05, 3.63) is 95.1 Å². The standard InChI is InChI=1S/C24H22N2O4/c1-17-8-13-22(18(2)14-17)29-16-23(27)26-25-15-19-9-11-21(12-10-19)30-24(28)20-6-4-3-5-7-20/h3-15H,16H2,1-2H3,(H,26,27)/b25-15+. The normalized spacial score (nSPS) is 10.6. The maximum absolute atomic E-state index is 12.0. The molecular formula is C24H22N2O4. The number of amides is 1. The van der Waals surface area contributed by atoms with Crippen molar-refractivity contribution >= 4 is 18.1 Å². The molecule has 0 bridgehead atoms. The molecule has 0 saturated heterocycles. The number of nitrogens with one attached hydrogen (secondary N) is 1. The Kier molecular flexibility index (Phi) is 6.95. The van der Waals surface area contributed by atoms with Crippen LogP contribution in [0, 0.1) is 13.8 Å². The van der Waals surface area contributed by atoms with Gasteiger partial charge >= 0.3 is 5.97 Å². The molecule has 0 aliphatic heterocycles. The Labute approximate surface area is 175 Å². The van der Waals surface area contributed by atoms with Crippen LogP contribution >= 0.6 is 0 Å². The van der Waals surface area contributed by atoms with Crippen molar-refractivity contribution in [2.75, 3.05) is 6.61 Å². The summed E-state index contributed by atoms with van der Waals surface area (Å²) in [6, 6.07) is 21.3. The van der Waals surface area contributed by atoms with E-state index in [1.807, 2.05) is 38.1 Å². The van der Waals surface area contributed by atoms with Crippen LogP contribution in [0.2, 0.25) is 0 Å². The summed E-state index contributed by atoms with van der Waals surface area (Å²) in [4.78, 5) is 23.9. The van der Waals surface area contributed by atoms with Crippen LogP contribution in [0.1, 0.15) is 27.0 Å². The van der Waals surface area contributed by atoms with Gasteiger partial charge in [-0.05, 0) is 67.4 Å². The van der Waals surface area contributed by atoms with Gasteiger partial charge in [-0.25, -0.2) is 10.2 Å². The topological polar surface area (TPSA) is 77.0 Å². The quantitative estimate of drug-likeness (QED) is 0.280. The maximum atomic E-state index is 12.0. The maximum Gasteiger partial charge on any atom is 0.343 e. The molecule has 152 valence electrons. The number of carbonyl (C=O) groups is 2. The molecule has 0 atom stereocenters. The van der Waals surface area contributed by atoms with E-state index in [-0.39, 0.29) is 12.5 Å². The molecule has 3 aromatic rings. The van der Waals surface area contributed by atoms with Gasteiger partial charge in [0.1, 0.15) is 11.5 Å². The minimum atomic E-state index is -0.423. The predicted molar refractivity (Wildman–Crippen MR) is 115 cm³/mol. The minimum absolute atomic E-state index is 0.129.